The highest BCUT2D eigenvalue weighted by Gasteiger charge is 2.30. The van der Waals surface area contributed by atoms with E-state index < -0.39 is 15.0 Å². The third kappa shape index (κ3) is 2.36. The Morgan fingerprint density at radius 1 is 1.07 bits per heavy atom. The molecule has 9 heteroatoms. The molecular weight excluding hydrogens is 400 g/mol. The van der Waals surface area contributed by atoms with Gasteiger partial charge in [0.05, 0.1) is 21.0 Å². The quantitative estimate of drug-likeness (QED) is 0.556. The van der Waals surface area contributed by atoms with Gasteiger partial charge in [0.1, 0.15) is 5.58 Å². The van der Waals surface area contributed by atoms with Crippen LogP contribution in [0.1, 0.15) is 10.4 Å². The maximum atomic E-state index is 13.1. The first-order valence-electron chi connectivity index (χ1n) is 8.25. The number of rotatable bonds is 3. The molecule has 28 heavy (non-hydrogen) atoms. The summed E-state index contributed by atoms with van der Waals surface area (Å²) in [5, 5.41) is 1.11. The van der Waals surface area contributed by atoms with Crippen molar-refractivity contribution in [1.29, 1.82) is 0 Å². The monoisotopic (exact) mass is 412 g/mol. The zero-order valence-corrected chi connectivity index (χ0v) is 16.1. The molecule has 140 valence electrons. The molecule has 0 spiro atoms. The van der Waals surface area contributed by atoms with Crippen molar-refractivity contribution in [2.75, 3.05) is 16.7 Å². The smallest absolute Gasteiger partial charge is 0.396 e. The maximum Gasteiger partial charge on any atom is 0.396 e. The summed E-state index contributed by atoms with van der Waals surface area (Å²) in [5.41, 5.74) is 1.89. The average Bonchev–Trinajstić information content (AvgIpc) is 3.14. The van der Waals surface area contributed by atoms with Crippen LogP contribution in [0.4, 0.5) is 11.4 Å². The van der Waals surface area contributed by atoms with Gasteiger partial charge in [0, 0.05) is 23.4 Å². The fraction of sp³-hybridized carbons (Fsp3) is 0.0526. The molecule has 0 unspecified atom stereocenters. The summed E-state index contributed by atoms with van der Waals surface area (Å²) in [4.78, 5) is 24.9. The van der Waals surface area contributed by atoms with Crippen LogP contribution in [0, 0.1) is 0 Å². The molecule has 7 nitrogen and oxygen atoms in total. The number of carbonyl (C=O) groups is 1. The standard InChI is InChI=1S/C19H12N2O5S2/c1-21-13-6-8-16(11-3-2-4-12(17(11)13)18(21)22)28(24,25)20-10-5-7-14-15(9-10)27-19(23)26-14/h2-9,20H,1H3. The van der Waals surface area contributed by atoms with E-state index in [2.05, 4.69) is 4.72 Å². The molecule has 1 N–H and O–H groups in total. The molecule has 3 aromatic carbocycles. The first-order valence-corrected chi connectivity index (χ1v) is 10.6. The fourth-order valence-corrected chi connectivity index (χ4v) is 5.45. The van der Waals surface area contributed by atoms with E-state index in [9.17, 15) is 18.0 Å². The summed E-state index contributed by atoms with van der Waals surface area (Å²) < 4.78 is 34.2. The molecule has 0 saturated carbocycles. The SMILES string of the molecule is CN1C(=O)c2cccc3c(S(=O)(=O)Nc4ccc5oc(=O)sc5c4)ccc1c23. The number of carbonyl (C=O) groups excluding carboxylic acids is 1. The second kappa shape index (κ2) is 5.66. The zero-order chi connectivity index (χ0) is 19.6. The lowest BCUT2D eigenvalue weighted by Crippen LogP contribution is -2.20. The molecular formula is C19H12N2O5S2. The van der Waals surface area contributed by atoms with Gasteiger partial charge in [-0.3, -0.25) is 9.52 Å². The van der Waals surface area contributed by atoms with Gasteiger partial charge >= 0.3 is 4.94 Å². The van der Waals surface area contributed by atoms with Crippen molar-refractivity contribution in [3.8, 4) is 0 Å². The predicted molar refractivity (Wildman–Crippen MR) is 108 cm³/mol. The van der Waals surface area contributed by atoms with Crippen LogP contribution in [0.2, 0.25) is 0 Å². The van der Waals surface area contributed by atoms with E-state index in [0.717, 1.165) is 11.3 Å². The molecule has 1 aromatic heterocycles. The van der Waals surface area contributed by atoms with Gasteiger partial charge < -0.3 is 9.32 Å². The minimum atomic E-state index is -3.93. The summed E-state index contributed by atoms with van der Waals surface area (Å²) in [6, 6.07) is 12.8. The van der Waals surface area contributed by atoms with Crippen LogP contribution < -0.4 is 14.6 Å². The summed E-state index contributed by atoms with van der Waals surface area (Å²) in [5.74, 6) is -0.163. The van der Waals surface area contributed by atoms with E-state index >= 15 is 0 Å². The van der Waals surface area contributed by atoms with Crippen molar-refractivity contribution in [3.05, 3.63) is 63.8 Å². The maximum absolute atomic E-state index is 13.1. The Bertz CT molecular complexity index is 1470. The normalized spacial score (nSPS) is 13.6. The van der Waals surface area contributed by atoms with E-state index in [4.69, 9.17) is 4.42 Å². The van der Waals surface area contributed by atoms with Crippen molar-refractivity contribution < 1.29 is 17.6 Å². The Balaban J connectivity index is 1.65. The van der Waals surface area contributed by atoms with E-state index in [0.29, 0.717) is 38.0 Å². The van der Waals surface area contributed by atoms with Gasteiger partial charge in [0.15, 0.2) is 0 Å². The van der Waals surface area contributed by atoms with Gasteiger partial charge in [0.2, 0.25) is 0 Å². The lowest BCUT2D eigenvalue weighted by Gasteiger charge is -2.13. The average molecular weight is 412 g/mol. The van der Waals surface area contributed by atoms with E-state index in [1.54, 1.807) is 43.4 Å². The predicted octanol–water partition coefficient (Wildman–Crippen LogP) is 3.40. The molecule has 2 heterocycles. The molecule has 0 radical (unpaired) electrons. The lowest BCUT2D eigenvalue weighted by atomic mass is 10.1. The summed E-state index contributed by atoms with van der Waals surface area (Å²) in [6.45, 7) is 0. The van der Waals surface area contributed by atoms with E-state index in [1.807, 2.05) is 0 Å². The number of amides is 1. The molecule has 1 aliphatic heterocycles. The molecule has 0 saturated heterocycles. The Hall–Kier alpha value is -3.17. The van der Waals surface area contributed by atoms with Crippen LogP contribution in [-0.2, 0) is 10.0 Å². The van der Waals surface area contributed by atoms with Gasteiger partial charge in [-0.1, -0.05) is 23.5 Å². The van der Waals surface area contributed by atoms with Gasteiger partial charge in [-0.25, -0.2) is 13.2 Å². The Morgan fingerprint density at radius 3 is 2.71 bits per heavy atom. The van der Waals surface area contributed by atoms with Crippen molar-refractivity contribution in [2.45, 2.75) is 4.90 Å². The summed E-state index contributed by atoms with van der Waals surface area (Å²) in [7, 11) is -2.26. The van der Waals surface area contributed by atoms with Gasteiger partial charge in [-0.2, -0.15) is 0 Å². The van der Waals surface area contributed by atoms with E-state index in [-0.39, 0.29) is 10.8 Å². The second-order valence-electron chi connectivity index (χ2n) is 6.40. The highest BCUT2D eigenvalue weighted by Crippen LogP contribution is 2.39. The third-order valence-corrected chi connectivity index (χ3v) is 6.98. The van der Waals surface area contributed by atoms with Crippen molar-refractivity contribution in [1.82, 2.24) is 0 Å². The van der Waals surface area contributed by atoms with Crippen molar-refractivity contribution in [2.24, 2.45) is 0 Å². The Labute approximate surface area is 162 Å². The van der Waals surface area contributed by atoms with Crippen LogP contribution in [0.15, 0.2) is 62.6 Å². The Morgan fingerprint density at radius 2 is 1.89 bits per heavy atom. The number of hydrogen-bond acceptors (Lipinski definition) is 6. The summed E-state index contributed by atoms with van der Waals surface area (Å²) in [6.07, 6.45) is 0. The van der Waals surface area contributed by atoms with Crippen LogP contribution >= 0.6 is 11.3 Å². The number of sulfonamides is 1. The zero-order valence-electron chi connectivity index (χ0n) is 14.4. The topological polar surface area (TPSA) is 96.7 Å². The number of anilines is 2. The second-order valence-corrected chi connectivity index (χ2v) is 9.02. The molecule has 1 aliphatic rings. The van der Waals surface area contributed by atoms with Gasteiger partial charge in [-0.15, -0.1) is 0 Å². The number of nitrogens with one attached hydrogen (secondary N) is 1. The number of nitrogens with zero attached hydrogens (tertiary/aromatic N) is 1. The number of hydrogen-bond donors (Lipinski definition) is 1. The lowest BCUT2D eigenvalue weighted by molar-refractivity contribution is 0.0999. The first kappa shape index (κ1) is 17.0. The van der Waals surface area contributed by atoms with Crippen LogP contribution in [-0.4, -0.2) is 21.4 Å². The van der Waals surface area contributed by atoms with E-state index in [1.165, 1.54) is 17.0 Å². The molecule has 0 atom stereocenters. The molecule has 0 bridgehead atoms. The number of fused-ring (bicyclic) bond motifs is 1. The molecule has 4 aromatic rings. The van der Waals surface area contributed by atoms with Crippen LogP contribution in [0.5, 0.6) is 0 Å². The number of benzene rings is 3. The highest BCUT2D eigenvalue weighted by atomic mass is 32.2. The Kier molecular flexibility index (Phi) is 3.43. The van der Waals surface area contributed by atoms with Crippen LogP contribution in [0.25, 0.3) is 21.1 Å². The molecule has 0 fully saturated rings. The minimum absolute atomic E-state index is 0.0803. The van der Waals surface area contributed by atoms with Crippen molar-refractivity contribution >= 4 is 59.7 Å². The van der Waals surface area contributed by atoms with Crippen molar-refractivity contribution in [3.63, 3.8) is 0 Å². The highest BCUT2D eigenvalue weighted by molar-refractivity contribution is 7.93. The fourth-order valence-electron chi connectivity index (χ4n) is 3.49. The minimum Gasteiger partial charge on any atom is -0.414 e. The molecule has 0 aliphatic carbocycles. The molecule has 1 amide bonds. The first-order chi connectivity index (χ1) is 13.3. The third-order valence-electron chi connectivity index (χ3n) is 4.75. The van der Waals surface area contributed by atoms with Gasteiger partial charge in [0.25, 0.3) is 15.9 Å². The molecule has 5 rings (SSSR count). The van der Waals surface area contributed by atoms with Crippen LogP contribution in [0.3, 0.4) is 0 Å². The largest absolute Gasteiger partial charge is 0.414 e. The van der Waals surface area contributed by atoms with Gasteiger partial charge in [-0.05, 0) is 36.4 Å². The summed E-state index contributed by atoms with van der Waals surface area (Å²) >= 11 is 0.903.